The van der Waals surface area contributed by atoms with Gasteiger partial charge in [-0.05, 0) is 43.7 Å². The van der Waals surface area contributed by atoms with E-state index in [0.29, 0.717) is 17.1 Å². The molecular weight excluding hydrogens is 532 g/mol. The van der Waals surface area contributed by atoms with Crippen LogP contribution < -0.4 is 9.62 Å². The molecule has 2 aromatic carbocycles. The Hall–Kier alpha value is -1.71. The molecule has 0 aliphatic rings. The molecule has 0 unspecified atom stereocenters. The lowest BCUT2D eigenvalue weighted by molar-refractivity contribution is -0.139. The van der Waals surface area contributed by atoms with E-state index in [1.807, 2.05) is 0 Å². The summed E-state index contributed by atoms with van der Waals surface area (Å²) in [7, 11) is -3.92. The van der Waals surface area contributed by atoms with Crippen LogP contribution in [0.5, 0.6) is 0 Å². The van der Waals surface area contributed by atoms with Gasteiger partial charge in [-0.2, -0.15) is 0 Å². The number of benzene rings is 2. The van der Waals surface area contributed by atoms with Crippen molar-refractivity contribution in [2.45, 2.75) is 26.4 Å². The average molecular weight is 555 g/mol. The summed E-state index contributed by atoms with van der Waals surface area (Å²) >= 11 is 24.3. The molecule has 7 nitrogen and oxygen atoms in total. The number of sulfonamides is 1. The number of anilines is 1. The quantitative estimate of drug-likeness (QED) is 0.490. The number of nitrogens with one attached hydrogen (secondary N) is 1. The number of hydrogen-bond acceptors (Lipinski definition) is 4. The van der Waals surface area contributed by atoms with Crippen LogP contribution in [0.1, 0.15) is 19.4 Å². The smallest absolute Gasteiger partial charge is 0.244 e. The topological polar surface area (TPSA) is 86.8 Å². The molecule has 2 amide bonds. The van der Waals surface area contributed by atoms with Crippen molar-refractivity contribution in [1.82, 2.24) is 10.2 Å². The van der Waals surface area contributed by atoms with Crippen molar-refractivity contribution in [2.24, 2.45) is 0 Å². The van der Waals surface area contributed by atoms with E-state index in [4.69, 9.17) is 46.4 Å². The van der Waals surface area contributed by atoms with Gasteiger partial charge in [-0.1, -0.05) is 58.5 Å². The summed E-state index contributed by atoms with van der Waals surface area (Å²) < 4.78 is 25.9. The van der Waals surface area contributed by atoms with Crippen LogP contribution in [0, 0.1) is 0 Å². The number of carbonyl (C=O) groups excluding carboxylic acids is 2. The van der Waals surface area contributed by atoms with Gasteiger partial charge in [0.2, 0.25) is 21.8 Å². The second kappa shape index (κ2) is 11.6. The Bertz CT molecular complexity index is 1140. The van der Waals surface area contributed by atoms with Gasteiger partial charge in [-0.25, -0.2) is 8.42 Å². The zero-order valence-electron chi connectivity index (χ0n) is 18.1. The molecule has 0 spiro atoms. The zero-order chi connectivity index (χ0) is 24.9. The van der Waals surface area contributed by atoms with Crippen molar-refractivity contribution < 1.29 is 18.0 Å². The third-order valence-electron chi connectivity index (χ3n) is 4.73. The highest BCUT2D eigenvalue weighted by atomic mass is 35.5. The average Bonchev–Trinajstić information content (AvgIpc) is 2.73. The summed E-state index contributed by atoms with van der Waals surface area (Å²) in [6, 6.07) is 8.40. The van der Waals surface area contributed by atoms with Gasteiger partial charge in [0.05, 0.1) is 32.0 Å². The van der Waals surface area contributed by atoms with Gasteiger partial charge in [-0.15, -0.1) is 0 Å². The van der Waals surface area contributed by atoms with E-state index in [2.05, 4.69) is 5.32 Å². The molecule has 180 valence electrons. The fourth-order valence-electron chi connectivity index (χ4n) is 3.02. The van der Waals surface area contributed by atoms with Gasteiger partial charge in [0.1, 0.15) is 12.6 Å². The van der Waals surface area contributed by atoms with Crippen LogP contribution >= 0.6 is 46.4 Å². The third kappa shape index (κ3) is 7.13. The van der Waals surface area contributed by atoms with Crippen LogP contribution in [0.3, 0.4) is 0 Å². The van der Waals surface area contributed by atoms with Crippen LogP contribution in [-0.4, -0.2) is 50.5 Å². The second-order valence-corrected chi connectivity index (χ2v) is 10.7. The van der Waals surface area contributed by atoms with Gasteiger partial charge in [0.15, 0.2) is 0 Å². The first-order valence-electron chi connectivity index (χ1n) is 9.79. The van der Waals surface area contributed by atoms with E-state index < -0.39 is 34.4 Å². The minimum absolute atomic E-state index is 0.00506. The van der Waals surface area contributed by atoms with Crippen molar-refractivity contribution in [3.05, 3.63) is 62.1 Å². The zero-order valence-corrected chi connectivity index (χ0v) is 22.0. The van der Waals surface area contributed by atoms with Gasteiger partial charge in [-0.3, -0.25) is 13.9 Å². The summed E-state index contributed by atoms with van der Waals surface area (Å²) in [5.74, 6) is -1.01. The van der Waals surface area contributed by atoms with Crippen LogP contribution in [0.15, 0.2) is 36.4 Å². The molecule has 1 atom stereocenters. The predicted octanol–water partition coefficient (Wildman–Crippen LogP) is 4.62. The summed E-state index contributed by atoms with van der Waals surface area (Å²) in [6.07, 6.45) is 0.952. The van der Waals surface area contributed by atoms with E-state index >= 15 is 0 Å². The van der Waals surface area contributed by atoms with Gasteiger partial charge in [0, 0.05) is 13.1 Å². The number of carbonyl (C=O) groups is 2. The maximum atomic E-state index is 13.4. The minimum atomic E-state index is -3.92. The van der Waals surface area contributed by atoms with Crippen molar-refractivity contribution in [3.8, 4) is 0 Å². The van der Waals surface area contributed by atoms with Crippen LogP contribution in [0.25, 0.3) is 0 Å². The first-order chi connectivity index (χ1) is 15.4. The van der Waals surface area contributed by atoms with Crippen LogP contribution in [-0.2, 0) is 26.2 Å². The van der Waals surface area contributed by atoms with Crippen LogP contribution in [0.2, 0.25) is 20.1 Å². The summed E-state index contributed by atoms with van der Waals surface area (Å²) in [4.78, 5) is 27.2. The molecule has 0 saturated carbocycles. The molecule has 0 aliphatic carbocycles. The lowest BCUT2D eigenvalue weighted by Gasteiger charge is -2.31. The monoisotopic (exact) mass is 553 g/mol. The summed E-state index contributed by atoms with van der Waals surface area (Å²) in [6.45, 7) is 3.07. The van der Waals surface area contributed by atoms with E-state index in [0.717, 1.165) is 10.6 Å². The standard InChI is InChI=1S/C21H23Cl4N3O4S/c1-4-26-21(30)13(2)27(11-14-8-9-15(22)17(24)10-14)19(29)12-28(33(3,31)32)18-7-5-6-16(23)20(18)25/h5-10,13H,4,11-12H2,1-3H3,(H,26,30)/t13-/m1/s1. The Morgan fingerprint density at radius 1 is 1.03 bits per heavy atom. The Kier molecular flexibility index (Phi) is 9.70. The number of amides is 2. The first kappa shape index (κ1) is 27.5. The number of halogens is 4. The normalized spacial score (nSPS) is 12.2. The maximum absolute atomic E-state index is 13.4. The molecule has 12 heteroatoms. The molecular formula is C21H23Cl4N3O4S. The molecule has 0 radical (unpaired) electrons. The molecule has 0 fully saturated rings. The number of likely N-dealkylation sites (N-methyl/N-ethyl adjacent to an activating group) is 1. The molecule has 0 bridgehead atoms. The summed E-state index contributed by atoms with van der Waals surface area (Å²) in [5, 5.41) is 3.43. The lowest BCUT2D eigenvalue weighted by atomic mass is 10.1. The SMILES string of the molecule is CCNC(=O)[C@@H](C)N(Cc1ccc(Cl)c(Cl)c1)C(=O)CN(c1cccc(Cl)c1Cl)S(C)(=O)=O. The van der Waals surface area contributed by atoms with Crippen molar-refractivity contribution in [3.63, 3.8) is 0 Å². The molecule has 2 rings (SSSR count). The van der Waals surface area contributed by atoms with Crippen LogP contribution in [0.4, 0.5) is 5.69 Å². The van der Waals surface area contributed by atoms with Gasteiger partial charge in [0.25, 0.3) is 0 Å². The Morgan fingerprint density at radius 2 is 1.70 bits per heavy atom. The number of rotatable bonds is 9. The minimum Gasteiger partial charge on any atom is -0.355 e. The molecule has 2 aromatic rings. The Balaban J connectivity index is 2.45. The highest BCUT2D eigenvalue weighted by Crippen LogP contribution is 2.34. The van der Waals surface area contributed by atoms with Crippen molar-refractivity contribution in [2.75, 3.05) is 23.7 Å². The summed E-state index contributed by atoms with van der Waals surface area (Å²) in [5.41, 5.74) is 0.667. The molecule has 0 aliphatic heterocycles. The van der Waals surface area contributed by atoms with E-state index in [1.165, 1.54) is 23.1 Å². The Labute approximate surface area is 213 Å². The molecule has 0 heterocycles. The van der Waals surface area contributed by atoms with E-state index in [-0.39, 0.29) is 27.3 Å². The second-order valence-electron chi connectivity index (χ2n) is 7.18. The first-order valence-corrected chi connectivity index (χ1v) is 13.2. The largest absolute Gasteiger partial charge is 0.355 e. The fourth-order valence-corrected chi connectivity index (χ4v) is 4.64. The molecule has 0 saturated heterocycles. The lowest BCUT2D eigenvalue weighted by Crippen LogP contribution is -2.51. The highest BCUT2D eigenvalue weighted by molar-refractivity contribution is 7.92. The van der Waals surface area contributed by atoms with Crippen molar-refractivity contribution in [1.29, 1.82) is 0 Å². The molecule has 0 aromatic heterocycles. The predicted molar refractivity (Wildman–Crippen MR) is 134 cm³/mol. The van der Waals surface area contributed by atoms with Crippen molar-refractivity contribution >= 4 is 73.9 Å². The Morgan fingerprint density at radius 3 is 2.27 bits per heavy atom. The fraction of sp³-hybridized carbons (Fsp3) is 0.333. The number of nitrogens with zero attached hydrogens (tertiary/aromatic N) is 2. The van der Waals surface area contributed by atoms with E-state index in [9.17, 15) is 18.0 Å². The highest BCUT2D eigenvalue weighted by Gasteiger charge is 2.31. The molecule has 1 N–H and O–H groups in total. The molecule has 33 heavy (non-hydrogen) atoms. The van der Waals surface area contributed by atoms with Gasteiger partial charge < -0.3 is 10.2 Å². The number of hydrogen-bond donors (Lipinski definition) is 1. The third-order valence-corrected chi connectivity index (χ3v) is 7.41. The maximum Gasteiger partial charge on any atom is 0.244 e. The van der Waals surface area contributed by atoms with Gasteiger partial charge >= 0.3 is 0 Å². The van der Waals surface area contributed by atoms with E-state index in [1.54, 1.807) is 32.0 Å².